The Morgan fingerprint density at radius 1 is 1.14 bits per heavy atom. The predicted octanol–water partition coefficient (Wildman–Crippen LogP) is 3.75. The lowest BCUT2D eigenvalue weighted by Crippen LogP contribution is -2.49. The van der Waals surface area contributed by atoms with Crippen molar-refractivity contribution in [1.82, 2.24) is 10.2 Å². The van der Waals surface area contributed by atoms with Crippen LogP contribution in [0.1, 0.15) is 25.8 Å². The SMILES string of the molecule is CCCNC(=O)[C@H](C)N(Cc1ccc(F)cc1)C(=O)COc1ccc(I)cc1. The summed E-state index contributed by atoms with van der Waals surface area (Å²) in [6.07, 6.45) is 0.806. The lowest BCUT2D eigenvalue weighted by Gasteiger charge is -2.28. The highest BCUT2D eigenvalue weighted by Crippen LogP contribution is 2.15. The second-order valence-electron chi connectivity index (χ2n) is 6.36. The highest BCUT2D eigenvalue weighted by molar-refractivity contribution is 14.1. The molecule has 0 aromatic heterocycles. The van der Waals surface area contributed by atoms with Gasteiger partial charge in [0.2, 0.25) is 5.91 Å². The normalized spacial score (nSPS) is 11.6. The third kappa shape index (κ3) is 6.78. The Labute approximate surface area is 178 Å². The van der Waals surface area contributed by atoms with Gasteiger partial charge < -0.3 is 15.0 Å². The van der Waals surface area contributed by atoms with Crippen molar-refractivity contribution in [3.05, 3.63) is 63.5 Å². The van der Waals surface area contributed by atoms with Gasteiger partial charge in [-0.2, -0.15) is 0 Å². The summed E-state index contributed by atoms with van der Waals surface area (Å²) in [6, 6.07) is 12.6. The van der Waals surface area contributed by atoms with Crippen molar-refractivity contribution in [3.8, 4) is 5.75 Å². The smallest absolute Gasteiger partial charge is 0.261 e. The highest BCUT2D eigenvalue weighted by atomic mass is 127. The molecule has 0 bridgehead atoms. The molecule has 0 spiro atoms. The summed E-state index contributed by atoms with van der Waals surface area (Å²) in [6.45, 7) is 4.18. The quantitative estimate of drug-likeness (QED) is 0.536. The maximum Gasteiger partial charge on any atom is 0.261 e. The lowest BCUT2D eigenvalue weighted by molar-refractivity contribution is -0.142. The van der Waals surface area contributed by atoms with Gasteiger partial charge in [-0.25, -0.2) is 4.39 Å². The molecule has 0 aliphatic heterocycles. The minimum absolute atomic E-state index is 0.187. The van der Waals surface area contributed by atoms with Crippen molar-refractivity contribution in [1.29, 1.82) is 0 Å². The monoisotopic (exact) mass is 498 g/mol. The molecule has 0 aliphatic carbocycles. The van der Waals surface area contributed by atoms with Crippen LogP contribution in [-0.2, 0) is 16.1 Å². The highest BCUT2D eigenvalue weighted by Gasteiger charge is 2.26. The molecule has 150 valence electrons. The summed E-state index contributed by atoms with van der Waals surface area (Å²) in [5.74, 6) is -0.315. The molecular weight excluding hydrogens is 474 g/mol. The minimum atomic E-state index is -0.676. The van der Waals surface area contributed by atoms with E-state index in [4.69, 9.17) is 4.74 Å². The summed E-state index contributed by atoms with van der Waals surface area (Å²) in [7, 11) is 0. The van der Waals surface area contributed by atoms with E-state index < -0.39 is 6.04 Å². The van der Waals surface area contributed by atoms with Crippen LogP contribution in [0.4, 0.5) is 4.39 Å². The van der Waals surface area contributed by atoms with Crippen molar-refractivity contribution in [3.63, 3.8) is 0 Å². The van der Waals surface area contributed by atoms with Crippen LogP contribution in [0.15, 0.2) is 48.5 Å². The summed E-state index contributed by atoms with van der Waals surface area (Å²) >= 11 is 2.19. The molecule has 1 atom stereocenters. The van der Waals surface area contributed by atoms with Gasteiger partial charge >= 0.3 is 0 Å². The molecule has 5 nitrogen and oxygen atoms in total. The third-order valence-electron chi connectivity index (χ3n) is 4.16. The van der Waals surface area contributed by atoms with Crippen molar-refractivity contribution in [2.24, 2.45) is 0 Å². The number of benzene rings is 2. The molecule has 7 heteroatoms. The number of hydrogen-bond donors (Lipinski definition) is 1. The fourth-order valence-electron chi connectivity index (χ4n) is 2.52. The minimum Gasteiger partial charge on any atom is -0.484 e. The first-order valence-electron chi connectivity index (χ1n) is 9.10. The van der Waals surface area contributed by atoms with Gasteiger partial charge in [0.25, 0.3) is 5.91 Å². The van der Waals surface area contributed by atoms with Gasteiger partial charge in [-0.1, -0.05) is 19.1 Å². The summed E-state index contributed by atoms with van der Waals surface area (Å²) in [5, 5.41) is 2.81. The van der Waals surface area contributed by atoms with E-state index in [0.717, 1.165) is 15.6 Å². The summed E-state index contributed by atoms with van der Waals surface area (Å²) in [5.41, 5.74) is 0.735. The second kappa shape index (κ2) is 11.0. The molecule has 0 radical (unpaired) electrons. The number of hydrogen-bond acceptors (Lipinski definition) is 3. The van der Waals surface area contributed by atoms with Crippen LogP contribution in [0.25, 0.3) is 0 Å². The molecule has 2 rings (SSSR count). The van der Waals surface area contributed by atoms with Crippen LogP contribution >= 0.6 is 22.6 Å². The van der Waals surface area contributed by atoms with Crippen LogP contribution in [0, 0.1) is 9.39 Å². The Kier molecular flexibility index (Phi) is 8.69. The van der Waals surface area contributed by atoms with Crippen LogP contribution in [-0.4, -0.2) is 35.9 Å². The van der Waals surface area contributed by atoms with Gasteiger partial charge in [0.1, 0.15) is 17.6 Å². The Morgan fingerprint density at radius 2 is 1.79 bits per heavy atom. The number of carbonyl (C=O) groups is 2. The maximum absolute atomic E-state index is 13.2. The number of halogens is 2. The van der Waals surface area contributed by atoms with Crippen LogP contribution in [0.5, 0.6) is 5.75 Å². The Bertz CT molecular complexity index is 781. The standard InChI is InChI=1S/C21H24FIN2O3/c1-3-12-24-21(27)15(2)25(13-16-4-6-17(22)7-5-16)20(26)14-28-19-10-8-18(23)9-11-19/h4-11,15H,3,12-14H2,1-2H3,(H,24,27)/t15-/m0/s1. The first-order chi connectivity index (χ1) is 13.4. The van der Waals surface area contributed by atoms with E-state index >= 15 is 0 Å². The topological polar surface area (TPSA) is 58.6 Å². The zero-order valence-corrected chi connectivity index (χ0v) is 18.1. The zero-order chi connectivity index (χ0) is 20.5. The summed E-state index contributed by atoms with van der Waals surface area (Å²) in [4.78, 5) is 26.7. The van der Waals surface area contributed by atoms with Gasteiger partial charge in [-0.05, 0) is 77.9 Å². The Morgan fingerprint density at radius 3 is 2.39 bits per heavy atom. The van der Waals surface area contributed by atoms with E-state index in [1.165, 1.54) is 17.0 Å². The molecule has 0 saturated carbocycles. The van der Waals surface area contributed by atoms with Gasteiger partial charge in [0, 0.05) is 16.7 Å². The molecule has 28 heavy (non-hydrogen) atoms. The predicted molar refractivity (Wildman–Crippen MR) is 114 cm³/mol. The number of rotatable bonds is 9. The first-order valence-corrected chi connectivity index (χ1v) is 10.2. The van der Waals surface area contributed by atoms with Gasteiger partial charge in [0.05, 0.1) is 0 Å². The molecule has 0 aliphatic rings. The Hall–Kier alpha value is -2.16. The van der Waals surface area contributed by atoms with E-state index in [1.807, 2.05) is 19.1 Å². The Balaban J connectivity index is 2.10. The van der Waals surface area contributed by atoms with E-state index in [-0.39, 0.29) is 30.8 Å². The number of ether oxygens (including phenoxy) is 1. The average molecular weight is 498 g/mol. The molecule has 0 saturated heterocycles. The number of nitrogens with one attached hydrogen (secondary N) is 1. The molecule has 0 fully saturated rings. The number of amides is 2. The van der Waals surface area contributed by atoms with E-state index in [2.05, 4.69) is 27.9 Å². The second-order valence-corrected chi connectivity index (χ2v) is 7.60. The average Bonchev–Trinajstić information content (AvgIpc) is 2.70. The first kappa shape index (κ1) is 22.1. The molecule has 2 aromatic carbocycles. The fraction of sp³-hybridized carbons (Fsp3) is 0.333. The van der Waals surface area contributed by atoms with Crippen molar-refractivity contribution < 1.29 is 18.7 Å². The molecule has 1 N–H and O–H groups in total. The van der Waals surface area contributed by atoms with Crippen molar-refractivity contribution in [2.45, 2.75) is 32.9 Å². The van der Waals surface area contributed by atoms with E-state index in [9.17, 15) is 14.0 Å². The zero-order valence-electron chi connectivity index (χ0n) is 16.0. The molecule has 2 amide bonds. The van der Waals surface area contributed by atoms with Gasteiger partial charge in [0.15, 0.2) is 6.61 Å². The molecular formula is C21H24FIN2O3. The van der Waals surface area contributed by atoms with Crippen LogP contribution < -0.4 is 10.1 Å². The number of nitrogens with zero attached hydrogens (tertiary/aromatic N) is 1. The van der Waals surface area contributed by atoms with Crippen molar-refractivity contribution >= 4 is 34.4 Å². The lowest BCUT2D eigenvalue weighted by atomic mass is 10.1. The fourth-order valence-corrected chi connectivity index (χ4v) is 2.88. The van der Waals surface area contributed by atoms with Crippen LogP contribution in [0.2, 0.25) is 0 Å². The van der Waals surface area contributed by atoms with Crippen molar-refractivity contribution in [2.75, 3.05) is 13.2 Å². The molecule has 0 unspecified atom stereocenters. The maximum atomic E-state index is 13.2. The van der Waals surface area contributed by atoms with Gasteiger partial charge in [-0.3, -0.25) is 9.59 Å². The third-order valence-corrected chi connectivity index (χ3v) is 4.88. The van der Waals surface area contributed by atoms with Crippen LogP contribution in [0.3, 0.4) is 0 Å². The van der Waals surface area contributed by atoms with E-state index in [0.29, 0.717) is 12.3 Å². The summed E-state index contributed by atoms with van der Waals surface area (Å²) < 4.78 is 19.8. The number of carbonyl (C=O) groups excluding carboxylic acids is 2. The van der Waals surface area contributed by atoms with Gasteiger partial charge in [-0.15, -0.1) is 0 Å². The largest absolute Gasteiger partial charge is 0.484 e. The van der Waals surface area contributed by atoms with E-state index in [1.54, 1.807) is 31.2 Å². The molecule has 2 aromatic rings. The molecule has 0 heterocycles.